The molecule has 1 heterocycles. The highest BCUT2D eigenvalue weighted by Crippen LogP contribution is 2.38. The number of rotatable bonds is 4. The van der Waals surface area contributed by atoms with Crippen LogP contribution in [0, 0.1) is 0 Å². The van der Waals surface area contributed by atoms with Crippen LogP contribution in [0.3, 0.4) is 0 Å². The molecule has 4 nitrogen and oxygen atoms in total. The van der Waals surface area contributed by atoms with Crippen LogP contribution in [0.2, 0.25) is 5.02 Å². The fourth-order valence-electron chi connectivity index (χ4n) is 2.16. The molecule has 6 heteroatoms. The van der Waals surface area contributed by atoms with Gasteiger partial charge in [-0.25, -0.2) is 0 Å². The molecule has 0 bridgehead atoms. The molecule has 1 aromatic carbocycles. The van der Waals surface area contributed by atoms with Gasteiger partial charge in [-0.15, -0.1) is 0 Å². The van der Waals surface area contributed by atoms with E-state index in [1.54, 1.807) is 18.2 Å². The highest BCUT2D eigenvalue weighted by molar-refractivity contribution is 6.56. The fourth-order valence-corrected chi connectivity index (χ4v) is 2.34. The summed E-state index contributed by atoms with van der Waals surface area (Å²) in [7, 11) is -0.522. The van der Waals surface area contributed by atoms with Gasteiger partial charge in [-0.2, -0.15) is 0 Å². The van der Waals surface area contributed by atoms with Gasteiger partial charge in [0.15, 0.2) is 0 Å². The lowest BCUT2D eigenvalue weighted by Gasteiger charge is -2.32. The average Bonchev–Trinajstić information content (AvgIpc) is 2.66. The minimum atomic E-state index is -0.522. The molecule has 2 rings (SSSR count). The van der Waals surface area contributed by atoms with Crippen molar-refractivity contribution in [3.63, 3.8) is 0 Å². The molecule has 0 spiro atoms. The van der Waals surface area contributed by atoms with Gasteiger partial charge in [-0.05, 0) is 50.9 Å². The summed E-state index contributed by atoms with van der Waals surface area (Å²) in [5, 5.41) is 0.549. The minimum absolute atomic E-state index is 0.276. The molecule has 1 saturated heterocycles. The molecule has 0 radical (unpaired) electrons. The van der Waals surface area contributed by atoms with Crippen LogP contribution in [0.1, 0.15) is 43.6 Å². The van der Waals surface area contributed by atoms with Gasteiger partial charge in [0, 0.05) is 17.1 Å². The Kier molecular flexibility index (Phi) is 4.83. The Hall–Kier alpha value is -1.14. The molecule has 0 saturated carbocycles. The zero-order valence-corrected chi connectivity index (χ0v) is 14.1. The molecular formula is C16H21BClNO3. The standard InChI is InChI=1S/C16H21BClNO3/c1-15(2)16(3,4)22-17(21-15)13(9-19)8-12-7-11(10-20)5-6-14(12)18/h5-8,10H,9,19H2,1-4H3. The SMILES string of the molecule is CC1(C)OB(C(=Cc2cc(C=O)ccc2Cl)CN)OC1(C)C. The molecule has 0 aromatic heterocycles. The monoisotopic (exact) mass is 321 g/mol. The summed E-state index contributed by atoms with van der Waals surface area (Å²) < 4.78 is 12.0. The molecule has 0 aliphatic carbocycles. The lowest BCUT2D eigenvalue weighted by Crippen LogP contribution is -2.41. The minimum Gasteiger partial charge on any atom is -0.400 e. The number of hydrogen-bond acceptors (Lipinski definition) is 4. The molecule has 22 heavy (non-hydrogen) atoms. The maximum Gasteiger partial charge on any atom is 0.491 e. The summed E-state index contributed by atoms with van der Waals surface area (Å²) in [6, 6.07) is 5.08. The van der Waals surface area contributed by atoms with Crippen LogP contribution >= 0.6 is 11.6 Å². The van der Waals surface area contributed by atoms with Crippen molar-refractivity contribution < 1.29 is 14.1 Å². The number of aldehydes is 1. The lowest BCUT2D eigenvalue weighted by molar-refractivity contribution is 0.00578. The van der Waals surface area contributed by atoms with Crippen molar-refractivity contribution in [2.24, 2.45) is 5.73 Å². The van der Waals surface area contributed by atoms with Crippen LogP contribution in [0.15, 0.2) is 23.7 Å². The Labute approximate surface area is 136 Å². The van der Waals surface area contributed by atoms with Crippen molar-refractivity contribution in [1.29, 1.82) is 0 Å². The zero-order valence-electron chi connectivity index (χ0n) is 13.4. The van der Waals surface area contributed by atoms with Crippen molar-refractivity contribution in [2.45, 2.75) is 38.9 Å². The Balaban J connectivity index is 2.35. The lowest BCUT2D eigenvalue weighted by atomic mass is 9.77. The van der Waals surface area contributed by atoms with Crippen molar-refractivity contribution in [2.75, 3.05) is 6.54 Å². The first kappa shape index (κ1) is 17.2. The predicted molar refractivity (Wildman–Crippen MR) is 90.0 cm³/mol. The molecule has 0 atom stereocenters. The van der Waals surface area contributed by atoms with Gasteiger partial charge in [0.1, 0.15) is 6.29 Å². The molecule has 118 valence electrons. The quantitative estimate of drug-likeness (QED) is 0.683. The summed E-state index contributed by atoms with van der Waals surface area (Å²) in [4.78, 5) is 10.9. The summed E-state index contributed by atoms with van der Waals surface area (Å²) in [6.07, 6.45) is 2.61. The van der Waals surface area contributed by atoms with Crippen LogP contribution in [0.25, 0.3) is 6.08 Å². The Bertz CT molecular complexity index is 597. The average molecular weight is 322 g/mol. The highest BCUT2D eigenvalue weighted by atomic mass is 35.5. The normalized spacial score (nSPS) is 20.3. The second kappa shape index (κ2) is 6.16. The number of hydrogen-bond donors (Lipinski definition) is 1. The van der Waals surface area contributed by atoms with E-state index < -0.39 is 18.3 Å². The molecule has 0 unspecified atom stereocenters. The van der Waals surface area contributed by atoms with Crippen molar-refractivity contribution in [1.82, 2.24) is 0 Å². The van der Waals surface area contributed by atoms with E-state index in [1.807, 2.05) is 33.8 Å². The van der Waals surface area contributed by atoms with Crippen molar-refractivity contribution in [3.05, 3.63) is 39.8 Å². The molecule has 0 amide bonds. The highest BCUT2D eigenvalue weighted by Gasteiger charge is 2.52. The van der Waals surface area contributed by atoms with Crippen LogP contribution in [-0.4, -0.2) is 31.2 Å². The molecule has 1 aliphatic heterocycles. The summed E-state index contributed by atoms with van der Waals surface area (Å²) >= 11 is 6.19. The van der Waals surface area contributed by atoms with Crippen molar-refractivity contribution in [3.8, 4) is 0 Å². The van der Waals surface area contributed by atoms with Gasteiger partial charge in [-0.1, -0.05) is 23.7 Å². The van der Waals surface area contributed by atoms with E-state index in [1.165, 1.54) is 0 Å². The number of halogens is 1. The molecule has 2 N–H and O–H groups in total. The maximum atomic E-state index is 10.9. The summed E-state index contributed by atoms with van der Waals surface area (Å²) in [5.74, 6) is 0. The summed E-state index contributed by atoms with van der Waals surface area (Å²) in [6.45, 7) is 8.23. The second-order valence-corrected chi connectivity index (χ2v) is 6.82. The van der Waals surface area contributed by atoms with E-state index >= 15 is 0 Å². The molecular weight excluding hydrogens is 300 g/mol. The van der Waals surface area contributed by atoms with Gasteiger partial charge < -0.3 is 15.0 Å². The third kappa shape index (κ3) is 3.28. The van der Waals surface area contributed by atoms with Crippen LogP contribution in [0.5, 0.6) is 0 Å². The zero-order chi connectivity index (χ0) is 16.5. The van der Waals surface area contributed by atoms with Crippen LogP contribution in [0.4, 0.5) is 0 Å². The van der Waals surface area contributed by atoms with E-state index in [4.69, 9.17) is 26.6 Å². The van der Waals surface area contributed by atoms with E-state index in [9.17, 15) is 4.79 Å². The van der Waals surface area contributed by atoms with E-state index in [-0.39, 0.29) is 6.54 Å². The molecule has 1 aliphatic rings. The number of carbonyl (C=O) groups is 1. The Morgan fingerprint density at radius 3 is 2.36 bits per heavy atom. The molecule has 1 aromatic rings. The predicted octanol–water partition coefficient (Wildman–Crippen LogP) is 3.13. The smallest absolute Gasteiger partial charge is 0.400 e. The first-order valence-corrected chi connectivity index (χ1v) is 7.59. The second-order valence-electron chi connectivity index (χ2n) is 6.41. The van der Waals surface area contributed by atoms with Gasteiger partial charge in [0.2, 0.25) is 0 Å². The number of nitrogens with two attached hydrogens (primary N) is 1. The Morgan fingerprint density at radius 1 is 1.27 bits per heavy atom. The maximum absolute atomic E-state index is 10.9. The number of carbonyl (C=O) groups excluding carboxylic acids is 1. The molecule has 1 fully saturated rings. The third-order valence-electron chi connectivity index (χ3n) is 4.29. The third-order valence-corrected chi connectivity index (χ3v) is 4.63. The van der Waals surface area contributed by atoms with Gasteiger partial charge in [0.25, 0.3) is 0 Å². The van der Waals surface area contributed by atoms with Gasteiger partial charge in [-0.3, -0.25) is 4.79 Å². The number of benzene rings is 1. The van der Waals surface area contributed by atoms with Crippen molar-refractivity contribution >= 4 is 31.1 Å². The largest absolute Gasteiger partial charge is 0.491 e. The first-order chi connectivity index (χ1) is 10.2. The van der Waals surface area contributed by atoms with E-state index in [0.717, 1.165) is 17.3 Å². The Morgan fingerprint density at radius 2 is 1.86 bits per heavy atom. The van der Waals surface area contributed by atoms with Crippen LogP contribution < -0.4 is 5.73 Å². The van der Waals surface area contributed by atoms with Crippen LogP contribution in [-0.2, 0) is 9.31 Å². The summed E-state index contributed by atoms with van der Waals surface area (Å²) in [5.41, 5.74) is 7.06. The van der Waals surface area contributed by atoms with E-state index in [0.29, 0.717) is 10.6 Å². The van der Waals surface area contributed by atoms with Gasteiger partial charge >= 0.3 is 7.12 Å². The van der Waals surface area contributed by atoms with E-state index in [2.05, 4.69) is 0 Å². The topological polar surface area (TPSA) is 61.5 Å². The fraction of sp³-hybridized carbons (Fsp3) is 0.438. The first-order valence-electron chi connectivity index (χ1n) is 7.21. The van der Waals surface area contributed by atoms with Gasteiger partial charge in [0.05, 0.1) is 11.2 Å².